The van der Waals surface area contributed by atoms with E-state index in [1.165, 1.54) is 17.8 Å². The number of nitrogens with zero attached hydrogens (tertiary/aromatic N) is 8. The summed E-state index contributed by atoms with van der Waals surface area (Å²) in [5.41, 5.74) is -1.24. The van der Waals surface area contributed by atoms with Crippen molar-refractivity contribution in [1.29, 1.82) is 0 Å². The van der Waals surface area contributed by atoms with E-state index in [0.29, 0.717) is 23.0 Å². The number of aryl methyl sites for hydroxylation is 2. The lowest BCUT2D eigenvalue weighted by Crippen LogP contribution is -2.43. The zero-order valence-corrected chi connectivity index (χ0v) is 22.4. The van der Waals surface area contributed by atoms with E-state index in [-0.39, 0.29) is 53.2 Å². The first-order chi connectivity index (χ1) is 19.5. The smallest absolute Gasteiger partial charge is 0.324 e. The average Bonchev–Trinajstić information content (AvgIpc) is 3.50. The molecule has 0 radical (unpaired) electrons. The zero-order valence-electron chi connectivity index (χ0n) is 21.6. The molecule has 0 fully saturated rings. The van der Waals surface area contributed by atoms with E-state index in [9.17, 15) is 27.6 Å². The molecule has 3 aromatic heterocycles. The highest BCUT2D eigenvalue weighted by Crippen LogP contribution is 2.29. The van der Waals surface area contributed by atoms with Crippen molar-refractivity contribution in [3.05, 3.63) is 91.4 Å². The highest BCUT2D eigenvalue weighted by Gasteiger charge is 2.19. The Labute approximate surface area is 233 Å². The van der Waals surface area contributed by atoms with Gasteiger partial charge in [-0.15, -0.1) is 5.10 Å². The highest BCUT2D eigenvalue weighted by atomic mass is 35.5. The molecule has 0 saturated heterocycles. The Bertz CT molecular complexity index is 1930. The molecule has 0 aliphatic carbocycles. The van der Waals surface area contributed by atoms with E-state index in [2.05, 4.69) is 25.7 Å². The van der Waals surface area contributed by atoms with Crippen LogP contribution in [0.5, 0.6) is 0 Å². The molecule has 0 amide bonds. The molecule has 41 heavy (non-hydrogen) atoms. The Morgan fingerprint density at radius 3 is 2.51 bits per heavy atom. The number of hydrogen-bond acceptors (Lipinski definition) is 8. The number of carbonyl (C=O) groups excluding carboxylic acids is 1. The van der Waals surface area contributed by atoms with Gasteiger partial charge in [-0.1, -0.05) is 16.8 Å². The number of halogens is 4. The molecule has 3 heterocycles. The molecule has 5 aromatic rings. The van der Waals surface area contributed by atoms with E-state index in [0.717, 1.165) is 9.13 Å². The summed E-state index contributed by atoms with van der Waals surface area (Å²) in [5.74, 6) is -4.21. The highest BCUT2D eigenvalue weighted by molar-refractivity contribution is 6.34. The van der Waals surface area contributed by atoms with Gasteiger partial charge in [0.05, 0.1) is 35.5 Å². The molecule has 0 saturated carbocycles. The van der Waals surface area contributed by atoms with Crippen LogP contribution >= 0.6 is 11.6 Å². The predicted octanol–water partition coefficient (Wildman–Crippen LogP) is 2.77. The van der Waals surface area contributed by atoms with Crippen LogP contribution in [0.3, 0.4) is 0 Å². The van der Waals surface area contributed by atoms with Gasteiger partial charge in [0.25, 0.3) is 0 Å². The number of aromatic nitrogens is 8. The molecular weight excluding hydrogens is 567 g/mol. The van der Waals surface area contributed by atoms with Gasteiger partial charge in [-0.3, -0.25) is 18.7 Å². The van der Waals surface area contributed by atoms with Gasteiger partial charge in [0, 0.05) is 43.2 Å². The molecular formula is C25H21ClF3N9O3. The summed E-state index contributed by atoms with van der Waals surface area (Å²) in [5, 5.41) is 15.8. The lowest BCUT2D eigenvalue weighted by Gasteiger charge is -2.16. The Hall–Kier alpha value is -4.79. The number of anilines is 2. The quantitative estimate of drug-likeness (QED) is 0.260. The molecule has 212 valence electrons. The number of carbonyl (C=O) groups is 1. The Balaban J connectivity index is 1.58. The van der Waals surface area contributed by atoms with Crippen molar-refractivity contribution in [2.24, 2.45) is 7.05 Å². The molecule has 0 unspecified atom stereocenters. The number of ketones is 1. The minimum atomic E-state index is -1.40. The third-order valence-corrected chi connectivity index (χ3v) is 6.43. The lowest BCUT2D eigenvalue weighted by atomic mass is 10.2. The number of benzene rings is 2. The summed E-state index contributed by atoms with van der Waals surface area (Å²) in [6.07, 6.45) is 3.39. The first-order valence-corrected chi connectivity index (χ1v) is 12.5. The fourth-order valence-corrected chi connectivity index (χ4v) is 4.30. The van der Waals surface area contributed by atoms with Crippen molar-refractivity contribution in [2.45, 2.75) is 33.0 Å². The monoisotopic (exact) mass is 587 g/mol. The van der Waals surface area contributed by atoms with Gasteiger partial charge in [0.1, 0.15) is 17.3 Å². The summed E-state index contributed by atoms with van der Waals surface area (Å²) >= 11 is 6.40. The Morgan fingerprint density at radius 1 is 1.00 bits per heavy atom. The van der Waals surface area contributed by atoms with Crippen LogP contribution in [0.2, 0.25) is 5.02 Å². The third-order valence-electron chi connectivity index (χ3n) is 6.12. The molecule has 0 atom stereocenters. The Kier molecular flexibility index (Phi) is 7.45. The van der Waals surface area contributed by atoms with Crippen molar-refractivity contribution >= 4 is 39.9 Å². The maximum atomic E-state index is 14.6. The van der Waals surface area contributed by atoms with Crippen LogP contribution in [-0.4, -0.2) is 44.7 Å². The van der Waals surface area contributed by atoms with Gasteiger partial charge in [0.2, 0.25) is 5.95 Å². The topological polar surface area (TPSA) is 135 Å². The van der Waals surface area contributed by atoms with Gasteiger partial charge in [-0.25, -0.2) is 27.3 Å². The molecule has 0 aliphatic rings. The normalized spacial score (nSPS) is 11.4. The minimum absolute atomic E-state index is 0.0549. The fourth-order valence-electron chi connectivity index (χ4n) is 4.10. The van der Waals surface area contributed by atoms with Crippen LogP contribution in [-0.2, 0) is 31.5 Å². The first-order valence-electron chi connectivity index (χ1n) is 12.1. The second-order valence-corrected chi connectivity index (χ2v) is 9.68. The van der Waals surface area contributed by atoms with Crippen molar-refractivity contribution in [3.8, 4) is 0 Å². The zero-order chi connectivity index (χ0) is 29.4. The molecule has 2 aromatic carbocycles. The van der Waals surface area contributed by atoms with Gasteiger partial charge >= 0.3 is 11.4 Å². The predicted molar refractivity (Wildman–Crippen MR) is 142 cm³/mol. The van der Waals surface area contributed by atoms with Crippen molar-refractivity contribution < 1.29 is 18.0 Å². The molecule has 16 heteroatoms. The van der Waals surface area contributed by atoms with Gasteiger partial charge in [-0.2, -0.15) is 10.1 Å². The summed E-state index contributed by atoms with van der Waals surface area (Å²) in [7, 11) is 1.72. The van der Waals surface area contributed by atoms with Crippen LogP contribution in [0.1, 0.15) is 24.6 Å². The van der Waals surface area contributed by atoms with Gasteiger partial charge < -0.3 is 5.32 Å². The van der Waals surface area contributed by atoms with Crippen molar-refractivity contribution in [1.82, 2.24) is 38.9 Å². The standard InChI is InChI=1S/C25H21ClF3N9O3/c1-13(39)3-4-36-11-16(32-34-36)12-38-24(40)31-23(30-22-6-15-9-35(2)33-21(15)7-17(22)26)37(25(38)41)10-14-5-19(28)20(29)8-18(14)27/h5-9,11H,3-4,10,12H2,1-2H3,(H,30,31,40). The van der Waals surface area contributed by atoms with Gasteiger partial charge in [0.15, 0.2) is 11.6 Å². The lowest BCUT2D eigenvalue weighted by molar-refractivity contribution is -0.117. The second-order valence-electron chi connectivity index (χ2n) is 9.27. The first kappa shape index (κ1) is 27.8. The number of fused-ring (bicyclic) bond motifs is 1. The minimum Gasteiger partial charge on any atom is -0.324 e. The summed E-state index contributed by atoms with van der Waals surface area (Å²) in [6, 6.07) is 4.15. The van der Waals surface area contributed by atoms with Crippen LogP contribution < -0.4 is 16.7 Å². The van der Waals surface area contributed by atoms with E-state index >= 15 is 0 Å². The Morgan fingerprint density at radius 2 is 1.76 bits per heavy atom. The number of hydrogen-bond donors (Lipinski definition) is 1. The second kappa shape index (κ2) is 11.0. The molecule has 12 nitrogen and oxygen atoms in total. The molecule has 0 spiro atoms. The maximum Gasteiger partial charge on any atom is 0.355 e. The van der Waals surface area contributed by atoms with Crippen molar-refractivity contribution in [2.75, 3.05) is 5.32 Å². The maximum absolute atomic E-state index is 14.6. The van der Waals surface area contributed by atoms with Crippen LogP contribution in [0.25, 0.3) is 10.9 Å². The van der Waals surface area contributed by atoms with E-state index < -0.39 is 35.4 Å². The summed E-state index contributed by atoms with van der Waals surface area (Å²) in [6.45, 7) is 0.710. The molecule has 5 rings (SSSR count). The van der Waals surface area contributed by atoms with E-state index in [1.807, 2.05) is 0 Å². The third kappa shape index (κ3) is 5.89. The number of Topliss-reactive ketones (excluding diaryl/α,β-unsaturated/α-hetero) is 1. The van der Waals surface area contributed by atoms with Crippen molar-refractivity contribution in [3.63, 3.8) is 0 Å². The van der Waals surface area contributed by atoms with Gasteiger partial charge in [-0.05, 0) is 25.1 Å². The molecule has 0 aliphatic heterocycles. The van der Waals surface area contributed by atoms with Crippen LogP contribution in [0.4, 0.5) is 24.8 Å². The molecule has 0 bridgehead atoms. The van der Waals surface area contributed by atoms with Crippen LogP contribution in [0.15, 0.2) is 46.2 Å². The summed E-state index contributed by atoms with van der Waals surface area (Å²) in [4.78, 5) is 41.9. The number of rotatable bonds is 9. The SMILES string of the molecule is CC(=O)CCn1cc(Cn2c(=O)nc(Nc3cc4cn(C)nc4cc3Cl)n(Cc3cc(F)c(F)cc3F)c2=O)nn1. The molecule has 1 N–H and O–H groups in total. The largest absolute Gasteiger partial charge is 0.355 e. The number of nitrogens with one attached hydrogen (secondary N) is 1. The fraction of sp³-hybridized carbons (Fsp3) is 0.240. The van der Waals surface area contributed by atoms with E-state index in [1.54, 1.807) is 30.1 Å². The van der Waals surface area contributed by atoms with Crippen LogP contribution in [0, 0.1) is 17.5 Å². The summed E-state index contributed by atoms with van der Waals surface area (Å²) < 4.78 is 46.7. The average molecular weight is 588 g/mol. The van der Waals surface area contributed by atoms with E-state index in [4.69, 9.17) is 11.6 Å².